The summed E-state index contributed by atoms with van der Waals surface area (Å²) in [5, 5.41) is 15.3. The van der Waals surface area contributed by atoms with Gasteiger partial charge >= 0.3 is 6.09 Å². The quantitative estimate of drug-likeness (QED) is 0.182. The van der Waals surface area contributed by atoms with Crippen LogP contribution in [0.4, 0.5) is 4.79 Å². The zero-order valence-electron chi connectivity index (χ0n) is 27.1. The van der Waals surface area contributed by atoms with Crippen molar-refractivity contribution in [2.75, 3.05) is 46.6 Å². The Balaban J connectivity index is 1.24. The maximum absolute atomic E-state index is 12.8. The van der Waals surface area contributed by atoms with Crippen LogP contribution in [0, 0.1) is 0 Å². The molecule has 3 amide bonds. The van der Waals surface area contributed by atoms with Crippen molar-refractivity contribution in [3.8, 4) is 11.5 Å². The van der Waals surface area contributed by atoms with E-state index in [9.17, 15) is 19.5 Å². The van der Waals surface area contributed by atoms with Crippen LogP contribution in [0.5, 0.6) is 11.5 Å². The summed E-state index contributed by atoms with van der Waals surface area (Å²) in [6.07, 6.45) is 0.463. The number of hydrogen-bond donors (Lipinski definition) is 3. The molecule has 1 fully saturated rings. The average Bonchev–Trinajstić information content (AvgIpc) is 3.08. The first-order valence-corrected chi connectivity index (χ1v) is 15.9. The van der Waals surface area contributed by atoms with Gasteiger partial charge in [-0.05, 0) is 47.7 Å². The number of amides is 3. The van der Waals surface area contributed by atoms with Crippen LogP contribution >= 0.6 is 0 Å². The van der Waals surface area contributed by atoms with Gasteiger partial charge in [0, 0.05) is 44.5 Å². The number of carbonyl (C=O) groups excluding carboxylic acids is 2. The van der Waals surface area contributed by atoms with Crippen molar-refractivity contribution in [2.45, 2.75) is 51.4 Å². The van der Waals surface area contributed by atoms with Gasteiger partial charge in [0.05, 0.1) is 39.6 Å². The molecule has 1 aliphatic rings. The Labute approximate surface area is 276 Å². The van der Waals surface area contributed by atoms with E-state index < -0.39 is 12.2 Å². The van der Waals surface area contributed by atoms with Gasteiger partial charge < -0.3 is 39.6 Å². The number of likely N-dealkylation sites (tertiary alicyclic amines) is 1. The molecule has 1 saturated heterocycles. The summed E-state index contributed by atoms with van der Waals surface area (Å²) in [5.74, 6) is 1.09. The van der Waals surface area contributed by atoms with Crippen LogP contribution in [0.2, 0.25) is 0 Å². The maximum Gasteiger partial charge on any atom is 0.407 e. The summed E-state index contributed by atoms with van der Waals surface area (Å²) >= 11 is 0. The van der Waals surface area contributed by atoms with E-state index in [0.717, 1.165) is 40.2 Å². The molecule has 3 N–H and O–H groups in total. The summed E-state index contributed by atoms with van der Waals surface area (Å²) in [6, 6.07) is 23.3. The number of methoxy groups -OCH3 is 1. The van der Waals surface area contributed by atoms with Crippen molar-refractivity contribution in [1.29, 1.82) is 0 Å². The van der Waals surface area contributed by atoms with Gasteiger partial charge in [0.25, 0.3) is 0 Å². The molecule has 0 saturated carbocycles. The predicted octanol–water partition coefficient (Wildman–Crippen LogP) is 4.53. The molecular weight excluding hydrogens is 602 g/mol. The second-order valence-corrected chi connectivity index (χ2v) is 11.4. The third-order valence-electron chi connectivity index (χ3n) is 8.08. The highest BCUT2D eigenvalue weighted by molar-refractivity contribution is 5.77. The second-order valence-electron chi connectivity index (χ2n) is 11.4. The zero-order chi connectivity index (χ0) is 33.4. The minimum Gasteiger partial charge on any atom is -0.496 e. The Hall–Kier alpha value is -4.61. The van der Waals surface area contributed by atoms with E-state index in [1.807, 2.05) is 72.8 Å². The van der Waals surface area contributed by atoms with Crippen LogP contribution in [0.1, 0.15) is 47.9 Å². The molecule has 0 aliphatic carbocycles. The molecule has 2 unspecified atom stereocenters. The van der Waals surface area contributed by atoms with E-state index in [1.165, 1.54) is 11.8 Å². The van der Waals surface area contributed by atoms with Crippen LogP contribution in [0.15, 0.2) is 72.8 Å². The van der Waals surface area contributed by atoms with E-state index in [-0.39, 0.29) is 30.9 Å². The molecule has 2 atom stereocenters. The predicted molar refractivity (Wildman–Crippen MR) is 177 cm³/mol. The van der Waals surface area contributed by atoms with Crippen LogP contribution in [-0.4, -0.2) is 80.6 Å². The first kappa shape index (κ1) is 35.2. The summed E-state index contributed by atoms with van der Waals surface area (Å²) < 4.78 is 23.1. The molecule has 0 aromatic heterocycles. The van der Waals surface area contributed by atoms with E-state index in [4.69, 9.17) is 18.9 Å². The molecule has 11 nitrogen and oxygen atoms in total. The summed E-state index contributed by atoms with van der Waals surface area (Å²) in [7, 11) is 1.65. The number of benzene rings is 3. The average molecular weight is 648 g/mol. The molecule has 1 heterocycles. The van der Waals surface area contributed by atoms with Crippen molar-refractivity contribution in [1.82, 2.24) is 15.5 Å². The van der Waals surface area contributed by atoms with Gasteiger partial charge in [-0.2, -0.15) is 0 Å². The van der Waals surface area contributed by atoms with Crippen molar-refractivity contribution in [3.05, 3.63) is 95.1 Å². The molecule has 3 aromatic carbocycles. The smallest absolute Gasteiger partial charge is 0.407 e. The van der Waals surface area contributed by atoms with Gasteiger partial charge in [-0.15, -0.1) is 0 Å². The highest BCUT2D eigenvalue weighted by Gasteiger charge is 2.33. The molecule has 4 rings (SSSR count). The van der Waals surface area contributed by atoms with E-state index >= 15 is 0 Å². The van der Waals surface area contributed by atoms with E-state index in [2.05, 4.69) is 10.6 Å². The highest BCUT2D eigenvalue weighted by Crippen LogP contribution is 2.32. The topological polar surface area (TPSA) is 136 Å². The fourth-order valence-corrected chi connectivity index (χ4v) is 5.58. The molecule has 0 radical (unpaired) electrons. The monoisotopic (exact) mass is 647 g/mol. The normalized spacial score (nSPS) is 15.9. The van der Waals surface area contributed by atoms with Gasteiger partial charge in [-0.3, -0.25) is 9.59 Å². The van der Waals surface area contributed by atoms with Gasteiger partial charge in [-0.25, -0.2) is 4.79 Å². The van der Waals surface area contributed by atoms with Crippen LogP contribution in [0.3, 0.4) is 0 Å². The number of hydrogen-bond acceptors (Lipinski definition) is 7. The Morgan fingerprint density at radius 3 is 2.36 bits per heavy atom. The largest absolute Gasteiger partial charge is 0.496 e. The molecule has 47 heavy (non-hydrogen) atoms. The number of carbonyl (C=O) groups is 3. The fraction of sp³-hybridized carbons (Fsp3) is 0.417. The first-order valence-electron chi connectivity index (χ1n) is 15.9. The van der Waals surface area contributed by atoms with E-state index in [1.54, 1.807) is 7.11 Å². The van der Waals surface area contributed by atoms with Gasteiger partial charge in [0.15, 0.2) is 0 Å². The number of nitrogens with one attached hydrogen (secondary N) is 2. The van der Waals surface area contributed by atoms with Crippen LogP contribution < -0.4 is 20.1 Å². The minimum absolute atomic E-state index is 0.0784. The second kappa shape index (κ2) is 18.5. The zero-order valence-corrected chi connectivity index (χ0v) is 27.1. The number of para-hydroxylation sites is 1. The number of piperidine rings is 1. The van der Waals surface area contributed by atoms with Crippen molar-refractivity contribution < 1.29 is 38.4 Å². The maximum atomic E-state index is 12.8. The standard InChI is InChI=1S/C36H45N3O8/c1-26(40)37-18-16-27-8-3-4-9-29(27)22-38-35(41)25-47-34-23-39(36(42)43)19-17-32(34)28-12-14-31(15-13-28)46-21-7-20-45-24-30-10-5-6-11-33(30)44-2/h3-6,8-15,32,34H,7,16-25H2,1-2H3,(H,37,40)(H,38,41)(H,42,43). The van der Waals surface area contributed by atoms with Crippen molar-refractivity contribution >= 4 is 17.9 Å². The Bertz CT molecular complexity index is 1450. The van der Waals surface area contributed by atoms with Crippen molar-refractivity contribution in [3.63, 3.8) is 0 Å². The third kappa shape index (κ3) is 11.3. The number of carboxylic acid groups (broad SMARTS) is 1. The SMILES string of the molecule is COc1ccccc1COCCCOc1ccc(C2CCN(C(=O)O)CC2OCC(=O)NCc2ccccc2CCNC(C)=O)cc1. The van der Waals surface area contributed by atoms with Crippen molar-refractivity contribution in [2.24, 2.45) is 0 Å². The molecule has 0 bridgehead atoms. The molecular formula is C36H45N3O8. The third-order valence-corrected chi connectivity index (χ3v) is 8.08. The molecule has 0 spiro atoms. The summed E-state index contributed by atoms with van der Waals surface area (Å²) in [4.78, 5) is 37.1. The van der Waals surface area contributed by atoms with Gasteiger partial charge in [0.1, 0.15) is 18.1 Å². The lowest BCUT2D eigenvalue weighted by molar-refractivity contribution is -0.129. The summed E-state index contributed by atoms with van der Waals surface area (Å²) in [5.41, 5.74) is 4.00. The first-order chi connectivity index (χ1) is 22.8. The number of ether oxygens (including phenoxy) is 4. The number of rotatable bonds is 17. The Morgan fingerprint density at radius 2 is 1.64 bits per heavy atom. The molecule has 11 heteroatoms. The lowest BCUT2D eigenvalue weighted by atomic mass is 9.87. The Morgan fingerprint density at radius 1 is 0.915 bits per heavy atom. The lowest BCUT2D eigenvalue weighted by Gasteiger charge is -2.37. The summed E-state index contributed by atoms with van der Waals surface area (Å²) in [6.45, 7) is 4.21. The minimum atomic E-state index is -1.01. The van der Waals surface area contributed by atoms with Crippen LogP contribution in [0.25, 0.3) is 0 Å². The fourth-order valence-electron chi connectivity index (χ4n) is 5.58. The molecule has 252 valence electrons. The molecule has 1 aliphatic heterocycles. The lowest BCUT2D eigenvalue weighted by Crippen LogP contribution is -2.47. The number of nitrogens with zero attached hydrogens (tertiary/aromatic N) is 1. The Kier molecular flexibility index (Phi) is 13.9. The van der Waals surface area contributed by atoms with E-state index in [0.29, 0.717) is 52.3 Å². The highest BCUT2D eigenvalue weighted by atomic mass is 16.5. The van der Waals surface area contributed by atoms with Crippen LogP contribution in [-0.2, 0) is 38.6 Å². The van der Waals surface area contributed by atoms with Gasteiger partial charge in [0.2, 0.25) is 11.8 Å². The molecule has 3 aromatic rings. The van der Waals surface area contributed by atoms with Gasteiger partial charge in [-0.1, -0.05) is 54.6 Å².